The number of nitrogens with zero attached hydrogens (tertiary/aromatic N) is 3. The summed E-state index contributed by atoms with van der Waals surface area (Å²) in [6, 6.07) is 13.7. The summed E-state index contributed by atoms with van der Waals surface area (Å²) < 4.78 is 0. The van der Waals surface area contributed by atoms with E-state index >= 15 is 0 Å². The number of carbonyl (C=O) groups is 1. The molecule has 0 bridgehead atoms. The van der Waals surface area contributed by atoms with Gasteiger partial charge in [-0.1, -0.05) is 39.0 Å². The molecule has 1 amide bonds. The molecule has 1 aromatic heterocycles. The van der Waals surface area contributed by atoms with Gasteiger partial charge in [0, 0.05) is 17.6 Å². The normalized spacial score (nSPS) is 11.1. The maximum atomic E-state index is 11.9. The van der Waals surface area contributed by atoms with Gasteiger partial charge in [0.25, 0.3) is 0 Å². The molecule has 2 rings (SSSR count). The van der Waals surface area contributed by atoms with Crippen molar-refractivity contribution in [3.63, 3.8) is 0 Å². The van der Waals surface area contributed by atoms with Crippen molar-refractivity contribution in [2.45, 2.75) is 27.7 Å². The molecule has 0 fully saturated rings. The van der Waals surface area contributed by atoms with Crippen LogP contribution < -0.4 is 10.2 Å². The zero-order valence-corrected chi connectivity index (χ0v) is 13.5. The minimum absolute atomic E-state index is 0.0787. The standard InChI is InChI=1S/C17H22N4O/c1-5-21(13-9-7-6-8-10-13)15-12-11-14(19-20-15)18-16(22)17(2,3)4/h6-12H,5H2,1-4H3,(H,18,19,22). The summed E-state index contributed by atoms with van der Waals surface area (Å²) in [7, 11) is 0. The number of anilines is 3. The van der Waals surface area contributed by atoms with Crippen LogP contribution in [0.4, 0.5) is 17.3 Å². The van der Waals surface area contributed by atoms with Crippen LogP contribution in [0.3, 0.4) is 0 Å². The highest BCUT2D eigenvalue weighted by molar-refractivity contribution is 5.93. The first kappa shape index (κ1) is 15.9. The van der Waals surface area contributed by atoms with Crippen molar-refractivity contribution in [2.75, 3.05) is 16.8 Å². The molecule has 2 aromatic rings. The van der Waals surface area contributed by atoms with Crippen molar-refractivity contribution in [2.24, 2.45) is 5.41 Å². The Morgan fingerprint density at radius 1 is 1.09 bits per heavy atom. The fraction of sp³-hybridized carbons (Fsp3) is 0.353. The van der Waals surface area contributed by atoms with E-state index in [-0.39, 0.29) is 5.91 Å². The monoisotopic (exact) mass is 298 g/mol. The van der Waals surface area contributed by atoms with Crippen LogP contribution in [0.2, 0.25) is 0 Å². The highest BCUT2D eigenvalue weighted by Gasteiger charge is 2.21. The third kappa shape index (κ3) is 3.81. The second-order valence-corrected chi connectivity index (χ2v) is 6.06. The van der Waals surface area contributed by atoms with E-state index < -0.39 is 5.41 Å². The molecule has 1 aromatic carbocycles. The summed E-state index contributed by atoms with van der Waals surface area (Å²) in [5.41, 5.74) is 0.602. The number of para-hydroxylation sites is 1. The number of benzene rings is 1. The number of hydrogen-bond acceptors (Lipinski definition) is 4. The van der Waals surface area contributed by atoms with Crippen molar-refractivity contribution in [3.05, 3.63) is 42.5 Å². The van der Waals surface area contributed by atoms with Crippen LogP contribution in [0.1, 0.15) is 27.7 Å². The fourth-order valence-electron chi connectivity index (χ4n) is 1.92. The maximum absolute atomic E-state index is 11.9. The zero-order chi connectivity index (χ0) is 16.2. The van der Waals surface area contributed by atoms with Crippen LogP contribution in [-0.4, -0.2) is 22.6 Å². The van der Waals surface area contributed by atoms with Crippen LogP contribution in [0.15, 0.2) is 42.5 Å². The van der Waals surface area contributed by atoms with Gasteiger partial charge in [0.2, 0.25) is 5.91 Å². The lowest BCUT2D eigenvalue weighted by Gasteiger charge is -2.22. The lowest BCUT2D eigenvalue weighted by Crippen LogP contribution is -2.28. The highest BCUT2D eigenvalue weighted by atomic mass is 16.2. The summed E-state index contributed by atoms with van der Waals surface area (Å²) in [5, 5.41) is 11.1. The molecular formula is C17H22N4O. The highest BCUT2D eigenvalue weighted by Crippen LogP contribution is 2.23. The Bertz CT molecular complexity index is 617. The van der Waals surface area contributed by atoms with Crippen molar-refractivity contribution in [1.82, 2.24) is 10.2 Å². The molecule has 0 aliphatic heterocycles. The number of hydrogen-bond donors (Lipinski definition) is 1. The average molecular weight is 298 g/mol. The van der Waals surface area contributed by atoms with E-state index in [1.165, 1.54) is 0 Å². The first-order valence-corrected chi connectivity index (χ1v) is 7.39. The molecular weight excluding hydrogens is 276 g/mol. The smallest absolute Gasteiger partial charge is 0.230 e. The summed E-state index contributed by atoms with van der Waals surface area (Å²) in [4.78, 5) is 14.0. The van der Waals surface area contributed by atoms with Crippen molar-refractivity contribution < 1.29 is 4.79 Å². The zero-order valence-electron chi connectivity index (χ0n) is 13.5. The second kappa shape index (κ2) is 6.56. The van der Waals surface area contributed by atoms with Crippen molar-refractivity contribution in [1.29, 1.82) is 0 Å². The van der Waals surface area contributed by atoms with E-state index in [1.54, 1.807) is 6.07 Å². The molecule has 1 N–H and O–H groups in total. The number of rotatable bonds is 4. The van der Waals surface area contributed by atoms with Gasteiger partial charge in [0.05, 0.1) is 0 Å². The molecule has 0 spiro atoms. The summed E-state index contributed by atoms with van der Waals surface area (Å²) >= 11 is 0. The molecule has 0 aliphatic carbocycles. The SMILES string of the molecule is CCN(c1ccccc1)c1ccc(NC(=O)C(C)(C)C)nn1. The molecule has 0 saturated carbocycles. The number of nitrogens with one attached hydrogen (secondary N) is 1. The maximum Gasteiger partial charge on any atom is 0.230 e. The minimum Gasteiger partial charge on any atom is -0.325 e. The van der Waals surface area contributed by atoms with Gasteiger partial charge in [-0.25, -0.2) is 0 Å². The minimum atomic E-state index is -0.458. The fourth-order valence-corrected chi connectivity index (χ4v) is 1.92. The van der Waals surface area contributed by atoms with E-state index in [2.05, 4.69) is 27.3 Å². The van der Waals surface area contributed by atoms with Crippen molar-refractivity contribution in [3.8, 4) is 0 Å². The molecule has 0 unspecified atom stereocenters. The third-order valence-corrected chi connectivity index (χ3v) is 3.23. The quantitative estimate of drug-likeness (QED) is 0.936. The van der Waals surface area contributed by atoms with Gasteiger partial charge in [0.1, 0.15) is 0 Å². The molecule has 0 radical (unpaired) electrons. The van der Waals surface area contributed by atoms with Gasteiger partial charge >= 0.3 is 0 Å². The topological polar surface area (TPSA) is 58.1 Å². The molecule has 5 nitrogen and oxygen atoms in total. The molecule has 22 heavy (non-hydrogen) atoms. The Hall–Kier alpha value is -2.43. The van der Waals surface area contributed by atoms with E-state index in [4.69, 9.17) is 0 Å². The second-order valence-electron chi connectivity index (χ2n) is 6.06. The van der Waals surface area contributed by atoms with Crippen LogP contribution in [0, 0.1) is 5.41 Å². The molecule has 0 saturated heterocycles. The van der Waals surface area contributed by atoms with E-state index in [1.807, 2.05) is 57.2 Å². The molecule has 116 valence electrons. The third-order valence-electron chi connectivity index (χ3n) is 3.23. The van der Waals surface area contributed by atoms with Gasteiger partial charge in [-0.15, -0.1) is 10.2 Å². The van der Waals surface area contributed by atoms with Crippen LogP contribution in [0.5, 0.6) is 0 Å². The number of aromatic nitrogens is 2. The van der Waals surface area contributed by atoms with Gasteiger partial charge in [-0.3, -0.25) is 4.79 Å². The van der Waals surface area contributed by atoms with Crippen LogP contribution >= 0.6 is 0 Å². The average Bonchev–Trinajstić information content (AvgIpc) is 2.50. The van der Waals surface area contributed by atoms with Gasteiger partial charge < -0.3 is 10.2 Å². The molecule has 0 atom stereocenters. The largest absolute Gasteiger partial charge is 0.325 e. The Kier molecular flexibility index (Phi) is 4.75. The van der Waals surface area contributed by atoms with Crippen molar-refractivity contribution >= 4 is 23.2 Å². The lowest BCUT2D eigenvalue weighted by molar-refractivity contribution is -0.123. The van der Waals surface area contributed by atoms with Gasteiger partial charge in [0.15, 0.2) is 11.6 Å². The van der Waals surface area contributed by atoms with Gasteiger partial charge in [-0.2, -0.15) is 0 Å². The summed E-state index contributed by atoms with van der Waals surface area (Å²) in [6.45, 7) is 8.42. The van der Waals surface area contributed by atoms with Crippen LogP contribution in [-0.2, 0) is 4.79 Å². The molecule has 1 heterocycles. The Morgan fingerprint density at radius 2 is 1.77 bits per heavy atom. The Labute approximate surface area is 131 Å². The molecule has 5 heteroatoms. The van der Waals surface area contributed by atoms with E-state index in [9.17, 15) is 4.79 Å². The molecule has 0 aliphatic rings. The summed E-state index contributed by atoms with van der Waals surface area (Å²) in [5.74, 6) is 1.14. The van der Waals surface area contributed by atoms with E-state index in [0.717, 1.165) is 18.1 Å². The summed E-state index contributed by atoms with van der Waals surface area (Å²) in [6.07, 6.45) is 0. The van der Waals surface area contributed by atoms with E-state index in [0.29, 0.717) is 5.82 Å². The first-order chi connectivity index (χ1) is 10.4. The van der Waals surface area contributed by atoms with Crippen LogP contribution in [0.25, 0.3) is 0 Å². The predicted octanol–water partition coefficient (Wildman–Crippen LogP) is 3.62. The Balaban J connectivity index is 2.16. The Morgan fingerprint density at radius 3 is 2.27 bits per heavy atom. The first-order valence-electron chi connectivity index (χ1n) is 7.39. The van der Waals surface area contributed by atoms with Gasteiger partial charge in [-0.05, 0) is 31.2 Å². The predicted molar refractivity (Wildman–Crippen MR) is 89.2 cm³/mol. The number of carbonyl (C=O) groups excluding carboxylic acids is 1. The lowest BCUT2D eigenvalue weighted by atomic mass is 9.96. The number of amides is 1.